The minimum atomic E-state index is -4.77. The second-order valence-electron chi connectivity index (χ2n) is 6.59. The number of nitrogens with one attached hydrogen (secondary N) is 1. The molecule has 2 atom stereocenters. The summed E-state index contributed by atoms with van der Waals surface area (Å²) in [4.78, 5) is 23.8. The van der Waals surface area contributed by atoms with Crippen LogP contribution in [0.25, 0.3) is 0 Å². The molecule has 3 rings (SSSR count). The van der Waals surface area contributed by atoms with Crippen molar-refractivity contribution in [3.8, 4) is 11.5 Å². The molecule has 0 aromatic heterocycles. The van der Waals surface area contributed by atoms with Crippen molar-refractivity contribution in [1.82, 2.24) is 0 Å². The maximum atomic E-state index is 13.4. The van der Waals surface area contributed by atoms with Crippen LogP contribution < -0.4 is 14.8 Å². The summed E-state index contributed by atoms with van der Waals surface area (Å²) < 4.78 is 56.5. The molecule has 0 saturated heterocycles. The Labute approximate surface area is 179 Å². The van der Waals surface area contributed by atoms with Crippen LogP contribution in [0, 0.1) is 0 Å². The highest BCUT2D eigenvalue weighted by molar-refractivity contribution is 6.31. The maximum absolute atomic E-state index is 13.4. The quantitative estimate of drug-likeness (QED) is 0.693. The van der Waals surface area contributed by atoms with Crippen LogP contribution in [0.15, 0.2) is 30.3 Å². The third-order valence-electron chi connectivity index (χ3n) is 4.65. The van der Waals surface area contributed by atoms with Crippen LogP contribution in [-0.2, 0) is 20.5 Å². The number of para-hydroxylation sites is 1. The third kappa shape index (κ3) is 4.54. The molecule has 0 radical (unpaired) electrons. The van der Waals surface area contributed by atoms with E-state index in [1.165, 1.54) is 14.2 Å². The second kappa shape index (κ2) is 8.64. The zero-order chi connectivity index (χ0) is 22.9. The molecule has 0 aliphatic carbocycles. The van der Waals surface area contributed by atoms with Gasteiger partial charge in [0.05, 0.1) is 31.2 Å². The molecule has 31 heavy (non-hydrogen) atoms. The zero-order valence-corrected chi connectivity index (χ0v) is 17.0. The average Bonchev–Trinajstić information content (AvgIpc) is 2.82. The lowest BCUT2D eigenvalue weighted by atomic mass is 9.96. The second-order valence-corrected chi connectivity index (χ2v) is 7.00. The summed E-state index contributed by atoms with van der Waals surface area (Å²) in [6.07, 6.45) is -8.14. The number of hydrogen-bond donors (Lipinski definition) is 2. The van der Waals surface area contributed by atoms with Crippen molar-refractivity contribution in [3.63, 3.8) is 0 Å². The van der Waals surface area contributed by atoms with Crippen LogP contribution in [0.4, 0.5) is 18.9 Å². The van der Waals surface area contributed by atoms with Gasteiger partial charge in [-0.25, -0.2) is 0 Å². The van der Waals surface area contributed by atoms with Gasteiger partial charge in [-0.2, -0.15) is 13.2 Å². The molecule has 0 saturated carbocycles. The van der Waals surface area contributed by atoms with Gasteiger partial charge >= 0.3 is 12.1 Å². The first-order chi connectivity index (χ1) is 14.6. The fourth-order valence-electron chi connectivity index (χ4n) is 3.30. The van der Waals surface area contributed by atoms with Crippen LogP contribution in [0.1, 0.15) is 29.2 Å². The molecule has 1 aliphatic heterocycles. The smallest absolute Gasteiger partial charge is 0.417 e. The molecule has 0 unspecified atom stereocenters. The topological polar surface area (TPSA) is 94.1 Å². The highest BCUT2D eigenvalue weighted by atomic mass is 35.5. The molecular weight excluding hydrogens is 443 g/mol. The number of ether oxygens (including phenoxy) is 3. The Morgan fingerprint density at radius 3 is 2.52 bits per heavy atom. The summed E-state index contributed by atoms with van der Waals surface area (Å²) in [5.74, 6) is -1.71. The fourth-order valence-corrected chi connectivity index (χ4v) is 3.58. The number of carbonyl (C=O) groups excluding carboxylic acids is 1. The number of fused-ring (bicyclic) bond motifs is 1. The number of aliphatic carboxylic acids is 1. The van der Waals surface area contributed by atoms with Crippen LogP contribution >= 0.6 is 11.6 Å². The van der Waals surface area contributed by atoms with E-state index in [9.17, 15) is 22.8 Å². The minimum absolute atomic E-state index is 0.103. The number of carboxylic acids is 1. The number of methoxy groups -OCH3 is 2. The number of halogens is 4. The summed E-state index contributed by atoms with van der Waals surface area (Å²) >= 11 is 5.90. The van der Waals surface area contributed by atoms with Gasteiger partial charge in [0.25, 0.3) is 5.91 Å². The van der Waals surface area contributed by atoms with Crippen molar-refractivity contribution in [3.05, 3.63) is 52.0 Å². The van der Waals surface area contributed by atoms with Gasteiger partial charge in [0.1, 0.15) is 12.2 Å². The number of alkyl halides is 3. The Morgan fingerprint density at radius 1 is 1.23 bits per heavy atom. The predicted octanol–water partition coefficient (Wildman–Crippen LogP) is 4.28. The van der Waals surface area contributed by atoms with Gasteiger partial charge in [-0.05, 0) is 18.2 Å². The summed E-state index contributed by atoms with van der Waals surface area (Å²) in [6.45, 7) is 0. The highest BCUT2D eigenvalue weighted by Crippen LogP contribution is 2.46. The van der Waals surface area contributed by atoms with Gasteiger partial charge in [0.2, 0.25) is 0 Å². The van der Waals surface area contributed by atoms with Crippen LogP contribution in [0.2, 0.25) is 5.02 Å². The van der Waals surface area contributed by atoms with Crippen molar-refractivity contribution in [2.24, 2.45) is 0 Å². The predicted molar refractivity (Wildman–Crippen MR) is 104 cm³/mol. The van der Waals surface area contributed by atoms with Gasteiger partial charge in [0.15, 0.2) is 11.5 Å². The number of carbonyl (C=O) groups is 2. The maximum Gasteiger partial charge on any atom is 0.417 e. The third-order valence-corrected chi connectivity index (χ3v) is 4.97. The van der Waals surface area contributed by atoms with E-state index in [0.717, 1.165) is 6.07 Å². The van der Waals surface area contributed by atoms with E-state index >= 15 is 0 Å². The van der Waals surface area contributed by atoms with E-state index in [2.05, 4.69) is 5.32 Å². The Balaban J connectivity index is 2.25. The summed E-state index contributed by atoms with van der Waals surface area (Å²) in [7, 11) is 2.76. The van der Waals surface area contributed by atoms with Gasteiger partial charge in [-0.15, -0.1) is 0 Å². The molecule has 0 spiro atoms. The number of anilines is 1. The number of hydrogen-bond acceptors (Lipinski definition) is 5. The van der Waals surface area contributed by atoms with Crippen LogP contribution in [-0.4, -0.2) is 37.3 Å². The number of benzene rings is 2. The lowest BCUT2D eigenvalue weighted by Crippen LogP contribution is -2.31. The van der Waals surface area contributed by atoms with Crippen molar-refractivity contribution < 1.29 is 42.1 Å². The van der Waals surface area contributed by atoms with E-state index in [-0.39, 0.29) is 17.0 Å². The largest absolute Gasteiger partial charge is 0.493 e. The molecule has 2 aromatic rings. The molecule has 2 N–H and O–H groups in total. The monoisotopic (exact) mass is 459 g/mol. The standard InChI is InChI=1S/C20H17ClF3NO6/c1-29-14-5-3-4-9(18(14)30-2)17-10-6-12(21)11(20(22,23)24)7-13(10)25-19(28)15(31-17)8-16(26)27/h3-7,15,17H,8H2,1-2H3,(H,25,28)(H,26,27)/t15-,17-/m1/s1. The first-order valence-electron chi connectivity index (χ1n) is 8.86. The number of rotatable bonds is 5. The average molecular weight is 460 g/mol. The van der Waals surface area contributed by atoms with Gasteiger partial charge in [-0.1, -0.05) is 23.7 Å². The Kier molecular flexibility index (Phi) is 6.33. The van der Waals surface area contributed by atoms with Gasteiger partial charge in [0, 0.05) is 16.8 Å². The lowest BCUT2D eigenvalue weighted by molar-refractivity contribution is -0.146. The first kappa shape index (κ1) is 22.7. The highest BCUT2D eigenvalue weighted by Gasteiger charge is 2.39. The molecule has 1 amide bonds. The first-order valence-corrected chi connectivity index (χ1v) is 9.24. The van der Waals surface area contributed by atoms with E-state index in [4.69, 9.17) is 30.9 Å². The molecule has 1 heterocycles. The number of amides is 1. The molecule has 7 nitrogen and oxygen atoms in total. The summed E-state index contributed by atoms with van der Waals surface area (Å²) in [6, 6.07) is 6.49. The van der Waals surface area contributed by atoms with Crippen molar-refractivity contribution >= 4 is 29.2 Å². The molecule has 1 aliphatic rings. The fraction of sp³-hybridized carbons (Fsp3) is 0.300. The summed E-state index contributed by atoms with van der Waals surface area (Å²) in [5.41, 5.74) is -0.942. The Morgan fingerprint density at radius 2 is 1.94 bits per heavy atom. The van der Waals surface area contributed by atoms with Crippen molar-refractivity contribution in [2.75, 3.05) is 19.5 Å². The van der Waals surface area contributed by atoms with Crippen molar-refractivity contribution in [1.29, 1.82) is 0 Å². The Hall–Kier alpha value is -2.98. The molecule has 166 valence electrons. The van der Waals surface area contributed by atoms with E-state index in [1.54, 1.807) is 18.2 Å². The number of carboxylic acid groups (broad SMARTS) is 1. The van der Waals surface area contributed by atoms with Gasteiger partial charge < -0.3 is 24.6 Å². The normalized spacial score (nSPS) is 18.6. The van der Waals surface area contributed by atoms with E-state index in [0.29, 0.717) is 17.4 Å². The van der Waals surface area contributed by atoms with Crippen LogP contribution in [0.5, 0.6) is 11.5 Å². The molecule has 2 aromatic carbocycles. The van der Waals surface area contributed by atoms with E-state index in [1.807, 2.05) is 0 Å². The SMILES string of the molecule is COc1cccc([C@H]2O[C@H](CC(=O)O)C(=O)Nc3cc(C(F)(F)F)c(Cl)cc32)c1OC. The molecule has 0 bridgehead atoms. The minimum Gasteiger partial charge on any atom is -0.493 e. The van der Waals surface area contributed by atoms with Crippen molar-refractivity contribution in [2.45, 2.75) is 24.8 Å². The summed E-state index contributed by atoms with van der Waals surface area (Å²) in [5, 5.41) is 10.9. The zero-order valence-electron chi connectivity index (χ0n) is 16.2. The Bertz CT molecular complexity index is 1030. The lowest BCUT2D eigenvalue weighted by Gasteiger charge is -2.24. The molecular formula is C20H17ClF3NO6. The molecule has 0 fully saturated rings. The van der Waals surface area contributed by atoms with Crippen LogP contribution in [0.3, 0.4) is 0 Å². The van der Waals surface area contributed by atoms with Gasteiger partial charge in [-0.3, -0.25) is 9.59 Å². The molecule has 11 heteroatoms. The van der Waals surface area contributed by atoms with E-state index < -0.39 is 47.3 Å².